The molecule has 29 heavy (non-hydrogen) atoms. The van der Waals surface area contributed by atoms with Crippen LogP contribution in [0.4, 0.5) is 5.69 Å². The zero-order valence-corrected chi connectivity index (χ0v) is 17.8. The zero-order valence-electron chi connectivity index (χ0n) is 16.9. The second-order valence-corrected chi connectivity index (χ2v) is 8.51. The van der Waals surface area contributed by atoms with Crippen molar-refractivity contribution in [3.05, 3.63) is 54.1 Å². The Balaban J connectivity index is 1.57. The number of thioether (sulfide) groups is 1. The van der Waals surface area contributed by atoms with Crippen molar-refractivity contribution in [3.8, 4) is 5.75 Å². The Hall–Kier alpha value is -2.47. The summed E-state index contributed by atoms with van der Waals surface area (Å²) in [6, 6.07) is 14.9. The van der Waals surface area contributed by atoms with E-state index in [0.717, 1.165) is 36.5 Å². The standard InChI is InChI=1S/C23H28N2O3S/c1-16-10-12-17(13-11-16)25-23(27)20-8-3-4-9-21(20)29-15-22(26)24-18-6-5-7-19(14-18)28-2/h3-9,14,16-17H,10-13,15H2,1-2H3,(H,24,26)(H,25,27). The highest BCUT2D eigenvalue weighted by Crippen LogP contribution is 2.26. The predicted molar refractivity (Wildman–Crippen MR) is 118 cm³/mol. The van der Waals surface area contributed by atoms with Gasteiger partial charge in [0.05, 0.1) is 18.4 Å². The van der Waals surface area contributed by atoms with Crippen LogP contribution in [0.15, 0.2) is 53.4 Å². The van der Waals surface area contributed by atoms with E-state index >= 15 is 0 Å². The van der Waals surface area contributed by atoms with Crippen molar-refractivity contribution in [2.24, 2.45) is 5.92 Å². The highest BCUT2D eigenvalue weighted by Gasteiger charge is 2.21. The number of carbonyl (C=O) groups excluding carboxylic acids is 2. The lowest BCUT2D eigenvalue weighted by Crippen LogP contribution is -2.37. The molecule has 0 saturated heterocycles. The molecule has 5 nitrogen and oxygen atoms in total. The van der Waals surface area contributed by atoms with Gasteiger partial charge in [-0.15, -0.1) is 11.8 Å². The van der Waals surface area contributed by atoms with Crippen LogP contribution in [0.3, 0.4) is 0 Å². The van der Waals surface area contributed by atoms with Gasteiger partial charge < -0.3 is 15.4 Å². The van der Waals surface area contributed by atoms with Crippen molar-refractivity contribution >= 4 is 29.3 Å². The number of hydrogen-bond acceptors (Lipinski definition) is 4. The number of carbonyl (C=O) groups is 2. The summed E-state index contributed by atoms with van der Waals surface area (Å²) in [7, 11) is 1.59. The van der Waals surface area contributed by atoms with Crippen molar-refractivity contribution in [3.63, 3.8) is 0 Å². The van der Waals surface area contributed by atoms with E-state index in [-0.39, 0.29) is 23.6 Å². The minimum absolute atomic E-state index is 0.0548. The number of benzene rings is 2. The molecule has 1 aliphatic rings. The molecule has 0 bridgehead atoms. The molecular weight excluding hydrogens is 384 g/mol. The van der Waals surface area contributed by atoms with Crippen LogP contribution in [0.25, 0.3) is 0 Å². The van der Waals surface area contributed by atoms with Gasteiger partial charge in [0, 0.05) is 22.7 Å². The molecule has 1 aliphatic carbocycles. The van der Waals surface area contributed by atoms with Gasteiger partial charge in [0.15, 0.2) is 0 Å². The van der Waals surface area contributed by atoms with E-state index in [9.17, 15) is 9.59 Å². The molecule has 0 spiro atoms. The van der Waals surface area contributed by atoms with E-state index in [1.54, 1.807) is 13.2 Å². The second-order valence-electron chi connectivity index (χ2n) is 7.50. The molecule has 2 aromatic rings. The summed E-state index contributed by atoms with van der Waals surface area (Å²) in [5, 5.41) is 6.03. The zero-order chi connectivity index (χ0) is 20.6. The number of hydrogen-bond donors (Lipinski definition) is 2. The fourth-order valence-corrected chi connectivity index (χ4v) is 4.34. The van der Waals surface area contributed by atoms with Gasteiger partial charge in [-0.05, 0) is 55.9 Å². The van der Waals surface area contributed by atoms with Gasteiger partial charge in [-0.25, -0.2) is 0 Å². The average molecular weight is 413 g/mol. The molecule has 2 amide bonds. The van der Waals surface area contributed by atoms with Gasteiger partial charge in [-0.1, -0.05) is 25.1 Å². The van der Waals surface area contributed by atoms with Crippen molar-refractivity contribution in [1.82, 2.24) is 5.32 Å². The molecule has 2 aromatic carbocycles. The molecule has 3 rings (SSSR count). The summed E-state index contributed by atoms with van der Waals surface area (Å²) < 4.78 is 5.17. The van der Waals surface area contributed by atoms with Gasteiger partial charge in [0.25, 0.3) is 5.91 Å². The van der Waals surface area contributed by atoms with E-state index in [1.165, 1.54) is 11.8 Å². The van der Waals surface area contributed by atoms with Crippen LogP contribution in [0.5, 0.6) is 5.75 Å². The summed E-state index contributed by atoms with van der Waals surface area (Å²) in [6.45, 7) is 2.26. The first-order valence-electron chi connectivity index (χ1n) is 10.0. The molecule has 1 fully saturated rings. The maximum Gasteiger partial charge on any atom is 0.252 e. The molecule has 0 heterocycles. The maximum absolute atomic E-state index is 12.8. The van der Waals surface area contributed by atoms with Crippen LogP contribution in [0.1, 0.15) is 43.0 Å². The van der Waals surface area contributed by atoms with Crippen molar-refractivity contribution in [1.29, 1.82) is 0 Å². The SMILES string of the molecule is COc1cccc(NC(=O)CSc2ccccc2C(=O)NC2CCC(C)CC2)c1. The topological polar surface area (TPSA) is 67.4 Å². The lowest BCUT2D eigenvalue weighted by atomic mass is 9.87. The summed E-state index contributed by atoms with van der Waals surface area (Å²) in [4.78, 5) is 25.9. The van der Waals surface area contributed by atoms with Gasteiger partial charge in [-0.3, -0.25) is 9.59 Å². The van der Waals surface area contributed by atoms with Crippen LogP contribution < -0.4 is 15.4 Å². The molecule has 6 heteroatoms. The van der Waals surface area contributed by atoms with Gasteiger partial charge in [0.2, 0.25) is 5.91 Å². The molecule has 1 saturated carbocycles. The monoisotopic (exact) mass is 412 g/mol. The summed E-state index contributed by atoms with van der Waals surface area (Å²) in [6.07, 6.45) is 4.38. The normalized spacial score (nSPS) is 18.7. The van der Waals surface area contributed by atoms with E-state index in [0.29, 0.717) is 17.0 Å². The lowest BCUT2D eigenvalue weighted by Gasteiger charge is -2.27. The Kier molecular flexibility index (Phi) is 7.58. The minimum Gasteiger partial charge on any atom is -0.497 e. The highest BCUT2D eigenvalue weighted by atomic mass is 32.2. The van der Waals surface area contributed by atoms with Gasteiger partial charge >= 0.3 is 0 Å². The van der Waals surface area contributed by atoms with Gasteiger partial charge in [0.1, 0.15) is 5.75 Å². The molecule has 0 aromatic heterocycles. The van der Waals surface area contributed by atoms with E-state index < -0.39 is 0 Å². The van der Waals surface area contributed by atoms with Crippen LogP contribution in [-0.2, 0) is 4.79 Å². The summed E-state index contributed by atoms with van der Waals surface area (Å²) in [5.74, 6) is 1.48. The van der Waals surface area contributed by atoms with Crippen molar-refractivity contribution in [2.45, 2.75) is 43.5 Å². The Morgan fingerprint density at radius 2 is 1.83 bits per heavy atom. The molecular formula is C23H28N2O3S. The summed E-state index contributed by atoms with van der Waals surface area (Å²) in [5.41, 5.74) is 1.32. The van der Waals surface area contributed by atoms with Crippen molar-refractivity contribution in [2.75, 3.05) is 18.2 Å². The number of rotatable bonds is 7. The highest BCUT2D eigenvalue weighted by molar-refractivity contribution is 8.00. The first-order chi connectivity index (χ1) is 14.0. The third kappa shape index (κ3) is 6.26. The van der Waals surface area contributed by atoms with E-state index in [1.807, 2.05) is 42.5 Å². The Morgan fingerprint density at radius 1 is 1.07 bits per heavy atom. The Morgan fingerprint density at radius 3 is 2.59 bits per heavy atom. The van der Waals surface area contributed by atoms with E-state index in [4.69, 9.17) is 4.74 Å². The van der Waals surface area contributed by atoms with Crippen LogP contribution >= 0.6 is 11.8 Å². The first kappa shape index (κ1) is 21.2. The molecule has 0 aliphatic heterocycles. The Bertz CT molecular complexity index is 848. The average Bonchev–Trinajstić information content (AvgIpc) is 2.74. The third-order valence-electron chi connectivity index (χ3n) is 5.20. The number of amides is 2. The fourth-order valence-electron chi connectivity index (χ4n) is 3.49. The van der Waals surface area contributed by atoms with Crippen molar-refractivity contribution < 1.29 is 14.3 Å². The van der Waals surface area contributed by atoms with Crippen LogP contribution in [-0.4, -0.2) is 30.7 Å². The number of methoxy groups -OCH3 is 1. The molecule has 0 unspecified atom stereocenters. The second kappa shape index (κ2) is 10.3. The van der Waals surface area contributed by atoms with Gasteiger partial charge in [-0.2, -0.15) is 0 Å². The minimum atomic E-state index is -0.125. The summed E-state index contributed by atoms with van der Waals surface area (Å²) >= 11 is 1.37. The fraction of sp³-hybridized carbons (Fsp3) is 0.391. The largest absolute Gasteiger partial charge is 0.497 e. The maximum atomic E-state index is 12.8. The smallest absolute Gasteiger partial charge is 0.252 e. The molecule has 0 atom stereocenters. The molecule has 2 N–H and O–H groups in total. The number of anilines is 1. The van der Waals surface area contributed by atoms with Crippen LogP contribution in [0.2, 0.25) is 0 Å². The van der Waals surface area contributed by atoms with E-state index in [2.05, 4.69) is 17.6 Å². The first-order valence-corrected chi connectivity index (χ1v) is 11.0. The molecule has 154 valence electrons. The van der Waals surface area contributed by atoms with Crippen LogP contribution in [0, 0.1) is 5.92 Å². The number of ether oxygens (including phenoxy) is 1. The number of nitrogens with one attached hydrogen (secondary N) is 2. The Labute approximate surface area is 176 Å². The third-order valence-corrected chi connectivity index (χ3v) is 6.27. The molecule has 0 radical (unpaired) electrons. The predicted octanol–water partition coefficient (Wildman–Crippen LogP) is 4.73. The lowest BCUT2D eigenvalue weighted by molar-refractivity contribution is -0.113. The quantitative estimate of drug-likeness (QED) is 0.645.